The van der Waals surface area contributed by atoms with Crippen molar-refractivity contribution in [1.29, 1.82) is 0 Å². The first-order valence-electron chi connectivity index (χ1n) is 6.76. The van der Waals surface area contributed by atoms with Crippen LogP contribution in [0.25, 0.3) is 0 Å². The Morgan fingerprint density at radius 1 is 0.947 bits per heavy atom. The lowest BCUT2D eigenvalue weighted by atomic mass is 10.1. The van der Waals surface area contributed by atoms with Crippen LogP contribution in [0.2, 0.25) is 0 Å². The van der Waals surface area contributed by atoms with Gasteiger partial charge in [-0.3, -0.25) is 0 Å². The molecular formula is C17H22N2. The Kier molecular flexibility index (Phi) is 4.58. The molecule has 2 aromatic carbocycles. The van der Waals surface area contributed by atoms with E-state index >= 15 is 0 Å². The predicted molar refractivity (Wildman–Crippen MR) is 82.5 cm³/mol. The molecule has 0 atom stereocenters. The second-order valence-corrected chi connectivity index (χ2v) is 5.04. The maximum absolute atomic E-state index is 5.75. The summed E-state index contributed by atoms with van der Waals surface area (Å²) in [5.74, 6) is 0. The largest absolute Gasteiger partial charge is 0.366 e. The molecule has 0 radical (unpaired) electrons. The number of aryl methyl sites for hydroxylation is 2. The van der Waals surface area contributed by atoms with Crippen LogP contribution >= 0.6 is 0 Å². The summed E-state index contributed by atoms with van der Waals surface area (Å²) in [4.78, 5) is 2.34. The van der Waals surface area contributed by atoms with Gasteiger partial charge < -0.3 is 10.6 Å². The van der Waals surface area contributed by atoms with Crippen molar-refractivity contribution in [2.45, 2.75) is 20.4 Å². The zero-order valence-corrected chi connectivity index (χ0v) is 11.8. The first-order valence-corrected chi connectivity index (χ1v) is 6.76. The van der Waals surface area contributed by atoms with Gasteiger partial charge in [0.15, 0.2) is 0 Å². The number of nitrogens with two attached hydrogens (primary N) is 1. The van der Waals surface area contributed by atoms with E-state index in [1.165, 1.54) is 22.4 Å². The maximum Gasteiger partial charge on any atom is 0.0430 e. The molecule has 0 saturated carbocycles. The molecule has 0 bridgehead atoms. The van der Waals surface area contributed by atoms with Crippen molar-refractivity contribution in [2.24, 2.45) is 5.73 Å². The van der Waals surface area contributed by atoms with Crippen LogP contribution in [0.4, 0.5) is 5.69 Å². The van der Waals surface area contributed by atoms with E-state index in [0.717, 1.165) is 13.1 Å². The van der Waals surface area contributed by atoms with Crippen molar-refractivity contribution < 1.29 is 0 Å². The van der Waals surface area contributed by atoms with Gasteiger partial charge in [0.2, 0.25) is 0 Å². The van der Waals surface area contributed by atoms with Gasteiger partial charge in [-0.15, -0.1) is 0 Å². The summed E-state index contributed by atoms with van der Waals surface area (Å²) < 4.78 is 0. The highest BCUT2D eigenvalue weighted by atomic mass is 15.1. The number of anilines is 1. The molecule has 0 unspecified atom stereocenters. The maximum atomic E-state index is 5.75. The highest BCUT2D eigenvalue weighted by molar-refractivity contribution is 5.51. The number of hydrogen-bond acceptors (Lipinski definition) is 2. The van der Waals surface area contributed by atoms with E-state index in [2.05, 4.69) is 61.2 Å². The van der Waals surface area contributed by atoms with Crippen molar-refractivity contribution in [3.8, 4) is 0 Å². The quantitative estimate of drug-likeness (QED) is 0.887. The number of hydrogen-bond donors (Lipinski definition) is 1. The summed E-state index contributed by atoms with van der Waals surface area (Å²) >= 11 is 0. The van der Waals surface area contributed by atoms with Crippen LogP contribution < -0.4 is 10.6 Å². The minimum atomic E-state index is 0.666. The van der Waals surface area contributed by atoms with E-state index in [1.807, 2.05) is 6.07 Å². The summed E-state index contributed by atoms with van der Waals surface area (Å²) in [5, 5.41) is 0. The average Bonchev–Trinajstić information content (AvgIpc) is 2.38. The van der Waals surface area contributed by atoms with E-state index in [9.17, 15) is 0 Å². The smallest absolute Gasteiger partial charge is 0.0430 e. The molecule has 0 spiro atoms. The van der Waals surface area contributed by atoms with Gasteiger partial charge in [0.1, 0.15) is 0 Å². The Morgan fingerprint density at radius 3 is 2.16 bits per heavy atom. The number of rotatable bonds is 5. The second-order valence-electron chi connectivity index (χ2n) is 5.04. The normalized spacial score (nSPS) is 10.5. The molecular weight excluding hydrogens is 232 g/mol. The van der Waals surface area contributed by atoms with Gasteiger partial charge in [-0.25, -0.2) is 0 Å². The van der Waals surface area contributed by atoms with Crippen molar-refractivity contribution in [2.75, 3.05) is 18.0 Å². The Morgan fingerprint density at radius 2 is 1.58 bits per heavy atom. The third kappa shape index (κ3) is 3.83. The van der Waals surface area contributed by atoms with Crippen LogP contribution in [0.3, 0.4) is 0 Å². The minimum Gasteiger partial charge on any atom is -0.366 e. The molecule has 0 fully saturated rings. The van der Waals surface area contributed by atoms with Gasteiger partial charge in [-0.1, -0.05) is 36.4 Å². The van der Waals surface area contributed by atoms with Crippen LogP contribution in [-0.2, 0) is 6.54 Å². The zero-order chi connectivity index (χ0) is 13.7. The van der Waals surface area contributed by atoms with E-state index in [4.69, 9.17) is 5.73 Å². The highest BCUT2D eigenvalue weighted by Gasteiger charge is 2.07. The van der Waals surface area contributed by atoms with Crippen molar-refractivity contribution in [3.05, 3.63) is 65.2 Å². The predicted octanol–water partition coefficient (Wildman–Crippen LogP) is 3.27. The van der Waals surface area contributed by atoms with E-state index in [0.29, 0.717) is 6.54 Å². The molecule has 19 heavy (non-hydrogen) atoms. The van der Waals surface area contributed by atoms with Gasteiger partial charge >= 0.3 is 0 Å². The average molecular weight is 254 g/mol. The SMILES string of the molecule is Cc1cc(C)cc(N(CCN)Cc2ccccc2)c1. The van der Waals surface area contributed by atoms with Gasteiger partial charge in [0.25, 0.3) is 0 Å². The molecule has 0 aliphatic heterocycles. The number of nitrogens with zero attached hydrogens (tertiary/aromatic N) is 1. The van der Waals surface area contributed by atoms with Crippen LogP contribution in [0.15, 0.2) is 48.5 Å². The lowest BCUT2D eigenvalue weighted by Crippen LogP contribution is -2.29. The summed E-state index contributed by atoms with van der Waals surface area (Å²) in [7, 11) is 0. The fourth-order valence-corrected chi connectivity index (χ4v) is 2.39. The fraction of sp³-hybridized carbons (Fsp3) is 0.294. The monoisotopic (exact) mass is 254 g/mol. The van der Waals surface area contributed by atoms with E-state index < -0.39 is 0 Å². The molecule has 2 aromatic rings. The zero-order valence-electron chi connectivity index (χ0n) is 11.8. The molecule has 0 aromatic heterocycles. The molecule has 0 aliphatic carbocycles. The molecule has 100 valence electrons. The first kappa shape index (κ1) is 13.6. The lowest BCUT2D eigenvalue weighted by molar-refractivity contribution is 0.789. The molecule has 0 aliphatic rings. The standard InChI is InChI=1S/C17H22N2/c1-14-10-15(2)12-17(11-14)19(9-8-18)13-16-6-4-3-5-7-16/h3-7,10-12H,8-9,13,18H2,1-2H3. The van der Waals surface area contributed by atoms with Gasteiger partial charge in [0.05, 0.1) is 0 Å². The molecule has 2 N–H and O–H groups in total. The molecule has 2 rings (SSSR count). The van der Waals surface area contributed by atoms with Crippen molar-refractivity contribution in [1.82, 2.24) is 0 Å². The summed E-state index contributed by atoms with van der Waals surface area (Å²) in [6, 6.07) is 17.2. The first-order chi connectivity index (χ1) is 9.19. The van der Waals surface area contributed by atoms with Crippen LogP contribution in [-0.4, -0.2) is 13.1 Å². The Labute approximate surface area is 115 Å². The van der Waals surface area contributed by atoms with E-state index in [-0.39, 0.29) is 0 Å². The Balaban J connectivity index is 2.24. The molecule has 0 saturated heterocycles. The van der Waals surface area contributed by atoms with Crippen LogP contribution in [0.5, 0.6) is 0 Å². The van der Waals surface area contributed by atoms with Crippen LogP contribution in [0, 0.1) is 13.8 Å². The van der Waals surface area contributed by atoms with Crippen LogP contribution in [0.1, 0.15) is 16.7 Å². The molecule has 0 heterocycles. The Bertz CT molecular complexity index is 500. The summed E-state index contributed by atoms with van der Waals surface area (Å²) in [5.41, 5.74) is 10.9. The molecule has 0 amide bonds. The van der Waals surface area contributed by atoms with Crippen molar-refractivity contribution in [3.63, 3.8) is 0 Å². The fourth-order valence-electron chi connectivity index (χ4n) is 2.39. The topological polar surface area (TPSA) is 29.3 Å². The highest BCUT2D eigenvalue weighted by Crippen LogP contribution is 2.20. The third-order valence-electron chi connectivity index (χ3n) is 3.19. The minimum absolute atomic E-state index is 0.666. The van der Waals surface area contributed by atoms with Gasteiger partial charge in [-0.05, 0) is 42.7 Å². The van der Waals surface area contributed by atoms with Gasteiger partial charge in [0, 0.05) is 25.3 Å². The summed E-state index contributed by atoms with van der Waals surface area (Å²) in [6.07, 6.45) is 0. The lowest BCUT2D eigenvalue weighted by Gasteiger charge is -2.25. The number of benzene rings is 2. The van der Waals surface area contributed by atoms with E-state index in [1.54, 1.807) is 0 Å². The van der Waals surface area contributed by atoms with Crippen molar-refractivity contribution >= 4 is 5.69 Å². The molecule has 2 nitrogen and oxygen atoms in total. The second kappa shape index (κ2) is 6.39. The third-order valence-corrected chi connectivity index (χ3v) is 3.19. The molecule has 2 heteroatoms. The Hall–Kier alpha value is -1.80. The van der Waals surface area contributed by atoms with Gasteiger partial charge in [-0.2, -0.15) is 0 Å². The summed E-state index contributed by atoms with van der Waals surface area (Å²) in [6.45, 7) is 6.72.